The molecule has 0 aliphatic heterocycles. The predicted octanol–water partition coefficient (Wildman–Crippen LogP) is 6.20. The second kappa shape index (κ2) is 9.87. The Kier molecular flexibility index (Phi) is 7.25. The third-order valence-corrected chi connectivity index (χ3v) is 5.48. The molecule has 0 bridgehead atoms. The van der Waals surface area contributed by atoms with Crippen molar-refractivity contribution in [2.75, 3.05) is 5.32 Å². The molecule has 0 heterocycles. The number of thiocarbonyl (C=S) groups is 1. The lowest BCUT2D eigenvalue weighted by molar-refractivity contribution is 0.0697. The molecule has 0 amide bonds. The number of para-hydroxylation sites is 1. The summed E-state index contributed by atoms with van der Waals surface area (Å²) in [4.78, 5) is 13.1. The summed E-state index contributed by atoms with van der Waals surface area (Å²) in [6.07, 6.45) is 0. The Morgan fingerprint density at radius 2 is 1.52 bits per heavy atom. The first kappa shape index (κ1) is 21.3. The molecule has 0 saturated heterocycles. The van der Waals surface area contributed by atoms with Crippen molar-refractivity contribution in [3.8, 4) is 0 Å². The van der Waals surface area contributed by atoms with Gasteiger partial charge in [-0.15, -0.1) is 0 Å². The Bertz CT molecular complexity index is 1010. The molecule has 0 aliphatic carbocycles. The first-order valence-electron chi connectivity index (χ1n) is 8.79. The number of carbonyl (C=O) groups is 1. The van der Waals surface area contributed by atoms with Gasteiger partial charge in [0, 0.05) is 17.6 Å². The number of rotatable bonds is 6. The first-order valence-corrected chi connectivity index (χ1v) is 10.4. The Labute approximate surface area is 188 Å². The number of carboxylic acid groups (broad SMARTS) is 1. The van der Waals surface area contributed by atoms with Crippen LogP contribution in [0.25, 0.3) is 0 Å². The molecule has 148 valence electrons. The number of nitrogens with one attached hydrogen (secondary N) is 1. The van der Waals surface area contributed by atoms with Crippen LogP contribution in [-0.2, 0) is 13.1 Å². The molecule has 3 rings (SSSR count). The molecule has 4 nitrogen and oxygen atoms in total. The number of anilines is 1. The SMILES string of the molecule is O=C(O)c1ccc(CN(Cc2ccc(Br)cc2)C(=S)Nc2ccccc2Cl)cc1. The summed E-state index contributed by atoms with van der Waals surface area (Å²) < 4.78 is 1.01. The third kappa shape index (κ3) is 6.03. The maximum Gasteiger partial charge on any atom is 0.335 e. The van der Waals surface area contributed by atoms with Crippen molar-refractivity contribution in [2.24, 2.45) is 0 Å². The smallest absolute Gasteiger partial charge is 0.335 e. The van der Waals surface area contributed by atoms with Crippen LogP contribution in [0.15, 0.2) is 77.3 Å². The Morgan fingerprint density at radius 3 is 2.07 bits per heavy atom. The maximum atomic E-state index is 11.1. The van der Waals surface area contributed by atoms with Gasteiger partial charge in [-0.2, -0.15) is 0 Å². The van der Waals surface area contributed by atoms with Crippen LogP contribution in [0.5, 0.6) is 0 Å². The second-order valence-corrected chi connectivity index (χ2v) is 8.10. The van der Waals surface area contributed by atoms with Crippen LogP contribution >= 0.6 is 39.7 Å². The summed E-state index contributed by atoms with van der Waals surface area (Å²) in [5.41, 5.74) is 3.04. The lowest BCUT2D eigenvalue weighted by Crippen LogP contribution is -2.34. The van der Waals surface area contributed by atoms with Gasteiger partial charge >= 0.3 is 5.97 Å². The van der Waals surface area contributed by atoms with E-state index in [9.17, 15) is 4.79 Å². The van der Waals surface area contributed by atoms with E-state index in [1.54, 1.807) is 30.3 Å². The molecule has 0 aromatic heterocycles. The summed E-state index contributed by atoms with van der Waals surface area (Å²) >= 11 is 15.4. The monoisotopic (exact) mass is 488 g/mol. The molecule has 29 heavy (non-hydrogen) atoms. The number of halogens is 2. The van der Waals surface area contributed by atoms with Crippen molar-refractivity contribution in [3.05, 3.63) is 99.0 Å². The highest BCUT2D eigenvalue weighted by Crippen LogP contribution is 2.22. The molecular formula is C22H18BrClN2O2S. The topological polar surface area (TPSA) is 52.6 Å². The standard InChI is InChI=1S/C22H18BrClN2O2S/c23-18-11-7-16(8-12-18)14-26(13-15-5-9-17(10-6-15)21(27)28)22(29)25-20-4-2-1-3-19(20)24/h1-12H,13-14H2,(H,25,29)(H,27,28). The van der Waals surface area contributed by atoms with Crippen molar-refractivity contribution in [2.45, 2.75) is 13.1 Å². The van der Waals surface area contributed by atoms with Crippen LogP contribution < -0.4 is 5.32 Å². The highest BCUT2D eigenvalue weighted by atomic mass is 79.9. The largest absolute Gasteiger partial charge is 0.478 e. The van der Waals surface area contributed by atoms with Crippen molar-refractivity contribution in [3.63, 3.8) is 0 Å². The summed E-state index contributed by atoms with van der Waals surface area (Å²) in [6, 6.07) is 22.3. The number of nitrogens with zero attached hydrogens (tertiary/aromatic N) is 1. The molecule has 7 heteroatoms. The van der Waals surface area contributed by atoms with E-state index < -0.39 is 5.97 Å². The van der Waals surface area contributed by atoms with Gasteiger partial charge in [0.05, 0.1) is 16.3 Å². The van der Waals surface area contributed by atoms with Gasteiger partial charge in [0.1, 0.15) is 0 Å². The normalized spacial score (nSPS) is 10.4. The zero-order valence-electron chi connectivity index (χ0n) is 15.3. The van der Waals surface area contributed by atoms with Gasteiger partial charge < -0.3 is 15.3 Å². The highest BCUT2D eigenvalue weighted by molar-refractivity contribution is 9.10. The number of carboxylic acids is 1. The van der Waals surface area contributed by atoms with Gasteiger partial charge in [-0.05, 0) is 59.7 Å². The molecular weight excluding hydrogens is 472 g/mol. The lowest BCUT2D eigenvalue weighted by Gasteiger charge is -2.26. The summed E-state index contributed by atoms with van der Waals surface area (Å²) in [5, 5.41) is 13.4. The van der Waals surface area contributed by atoms with E-state index in [2.05, 4.69) is 21.2 Å². The maximum absolute atomic E-state index is 11.1. The molecule has 0 unspecified atom stereocenters. The average molecular weight is 490 g/mol. The van der Waals surface area contributed by atoms with Gasteiger partial charge in [-0.3, -0.25) is 0 Å². The molecule has 0 atom stereocenters. The number of benzene rings is 3. The van der Waals surface area contributed by atoms with E-state index in [1.807, 2.05) is 47.4 Å². The lowest BCUT2D eigenvalue weighted by atomic mass is 10.1. The summed E-state index contributed by atoms with van der Waals surface area (Å²) in [6.45, 7) is 1.11. The Hall–Kier alpha value is -2.41. The van der Waals surface area contributed by atoms with Crippen LogP contribution in [0.3, 0.4) is 0 Å². The number of aromatic carboxylic acids is 1. The molecule has 0 spiro atoms. The highest BCUT2D eigenvalue weighted by Gasteiger charge is 2.13. The molecule has 2 N–H and O–H groups in total. The van der Waals surface area contributed by atoms with Crippen LogP contribution in [0, 0.1) is 0 Å². The van der Waals surface area contributed by atoms with Gasteiger partial charge in [0.2, 0.25) is 0 Å². The van der Waals surface area contributed by atoms with Gasteiger partial charge in [-0.25, -0.2) is 4.79 Å². The molecule has 3 aromatic rings. The number of hydrogen-bond donors (Lipinski definition) is 2. The molecule has 0 aliphatic rings. The Balaban J connectivity index is 1.82. The summed E-state index contributed by atoms with van der Waals surface area (Å²) in [5.74, 6) is -0.945. The zero-order valence-corrected chi connectivity index (χ0v) is 18.5. The van der Waals surface area contributed by atoms with Crippen molar-refractivity contribution in [1.82, 2.24) is 4.90 Å². The van der Waals surface area contributed by atoms with Crippen LogP contribution in [0.2, 0.25) is 5.02 Å². The van der Waals surface area contributed by atoms with Crippen molar-refractivity contribution >= 4 is 56.5 Å². The molecule has 0 fully saturated rings. The minimum Gasteiger partial charge on any atom is -0.478 e. The minimum absolute atomic E-state index is 0.255. The van der Waals surface area contributed by atoms with Crippen LogP contribution in [-0.4, -0.2) is 21.1 Å². The third-order valence-electron chi connectivity index (χ3n) is 4.26. The molecule has 0 radical (unpaired) electrons. The van der Waals surface area contributed by atoms with Crippen LogP contribution in [0.4, 0.5) is 5.69 Å². The van der Waals surface area contributed by atoms with E-state index in [1.165, 1.54) is 0 Å². The zero-order chi connectivity index (χ0) is 20.8. The van der Waals surface area contributed by atoms with E-state index >= 15 is 0 Å². The second-order valence-electron chi connectivity index (χ2n) is 6.39. The quantitative estimate of drug-likeness (QED) is 0.404. The molecule has 3 aromatic carbocycles. The predicted molar refractivity (Wildman–Crippen MR) is 124 cm³/mol. The minimum atomic E-state index is -0.945. The van der Waals surface area contributed by atoms with E-state index in [4.69, 9.17) is 28.9 Å². The Morgan fingerprint density at radius 1 is 0.966 bits per heavy atom. The average Bonchev–Trinajstić information content (AvgIpc) is 2.71. The fourth-order valence-electron chi connectivity index (χ4n) is 2.74. The van der Waals surface area contributed by atoms with Crippen molar-refractivity contribution < 1.29 is 9.90 Å². The van der Waals surface area contributed by atoms with Crippen LogP contribution in [0.1, 0.15) is 21.5 Å². The fourth-order valence-corrected chi connectivity index (χ4v) is 3.43. The van der Waals surface area contributed by atoms with E-state index in [-0.39, 0.29) is 5.56 Å². The van der Waals surface area contributed by atoms with E-state index in [0.717, 1.165) is 21.3 Å². The van der Waals surface area contributed by atoms with E-state index in [0.29, 0.717) is 23.2 Å². The number of hydrogen-bond acceptors (Lipinski definition) is 2. The van der Waals surface area contributed by atoms with Gasteiger partial charge in [0.15, 0.2) is 5.11 Å². The van der Waals surface area contributed by atoms with Crippen molar-refractivity contribution in [1.29, 1.82) is 0 Å². The summed E-state index contributed by atoms with van der Waals surface area (Å²) in [7, 11) is 0. The first-order chi connectivity index (χ1) is 13.9. The molecule has 0 saturated carbocycles. The fraction of sp³-hybridized carbons (Fsp3) is 0.0909. The van der Waals surface area contributed by atoms with Gasteiger partial charge in [-0.1, -0.05) is 63.9 Å². The van der Waals surface area contributed by atoms with Gasteiger partial charge in [0.25, 0.3) is 0 Å².